The van der Waals surface area contributed by atoms with Crippen LogP contribution in [0.4, 0.5) is 0 Å². The highest BCUT2D eigenvalue weighted by atomic mass is 16.6. The van der Waals surface area contributed by atoms with E-state index in [-0.39, 0.29) is 49.1 Å². The summed E-state index contributed by atoms with van der Waals surface area (Å²) < 4.78 is 17.0. The molecule has 54 heavy (non-hydrogen) atoms. The van der Waals surface area contributed by atoms with Gasteiger partial charge in [-0.25, -0.2) is 4.79 Å². The van der Waals surface area contributed by atoms with Gasteiger partial charge in [0.15, 0.2) is 12.1 Å². The molecule has 0 aromatic heterocycles. The van der Waals surface area contributed by atoms with Gasteiger partial charge in [-0.1, -0.05) is 124 Å². The predicted octanol–water partition coefficient (Wildman–Crippen LogP) is 10.7. The number of hydrogen-bond acceptors (Lipinski definition) is 6. The number of hydrogen-bond donors (Lipinski definition) is 1. The van der Waals surface area contributed by atoms with Gasteiger partial charge in [-0.2, -0.15) is 0 Å². The van der Waals surface area contributed by atoms with Crippen molar-refractivity contribution in [1.82, 2.24) is 0 Å². The van der Waals surface area contributed by atoms with Crippen LogP contribution in [0.5, 0.6) is 0 Å². The molecule has 0 aliphatic carbocycles. The van der Waals surface area contributed by atoms with Gasteiger partial charge in [-0.3, -0.25) is 9.59 Å². The lowest BCUT2D eigenvalue weighted by molar-refractivity contribution is -0.887. The van der Waals surface area contributed by atoms with Gasteiger partial charge in [0.1, 0.15) is 6.61 Å². The topological polar surface area (TPSA) is 99.1 Å². The lowest BCUT2D eigenvalue weighted by atomic mass is 10.1. The van der Waals surface area contributed by atoms with Crippen molar-refractivity contribution >= 4 is 17.9 Å². The Hall–Kier alpha value is -3.75. The second-order valence-corrected chi connectivity index (χ2v) is 14.1. The number of carboxylic acid groups (broad SMARTS) is 1. The summed E-state index contributed by atoms with van der Waals surface area (Å²) in [5.41, 5.74) is 0. The molecule has 0 aliphatic rings. The molecule has 0 bridgehead atoms. The average molecular weight is 753 g/mol. The van der Waals surface area contributed by atoms with Crippen LogP contribution in [0.2, 0.25) is 0 Å². The fourth-order valence-electron chi connectivity index (χ4n) is 5.09. The summed E-state index contributed by atoms with van der Waals surface area (Å²) in [6, 6.07) is -0.633. The molecule has 0 saturated heterocycles. The summed E-state index contributed by atoms with van der Waals surface area (Å²) in [6.07, 6.45) is 47.8. The molecule has 0 radical (unpaired) electrons. The lowest BCUT2D eigenvalue weighted by Crippen LogP contribution is -2.50. The van der Waals surface area contributed by atoms with E-state index in [0.29, 0.717) is 19.3 Å². The van der Waals surface area contributed by atoms with Gasteiger partial charge in [0, 0.05) is 19.3 Å². The maximum Gasteiger partial charge on any atom is 0.362 e. The number of carboxylic acids is 1. The van der Waals surface area contributed by atoms with E-state index in [2.05, 4.69) is 105 Å². The van der Waals surface area contributed by atoms with E-state index in [1.165, 1.54) is 12.8 Å². The smallest absolute Gasteiger partial charge is 0.362 e. The van der Waals surface area contributed by atoms with Crippen molar-refractivity contribution in [3.05, 3.63) is 97.2 Å². The van der Waals surface area contributed by atoms with E-state index in [1.807, 2.05) is 27.2 Å². The van der Waals surface area contributed by atoms with Crippen molar-refractivity contribution in [3.8, 4) is 0 Å². The molecule has 0 fully saturated rings. The second-order valence-electron chi connectivity index (χ2n) is 14.1. The average Bonchev–Trinajstić information content (AvgIpc) is 3.12. The molecular weight excluding hydrogens is 679 g/mol. The van der Waals surface area contributed by atoms with Crippen LogP contribution in [0.3, 0.4) is 0 Å². The lowest BCUT2D eigenvalue weighted by Gasteiger charge is -2.31. The van der Waals surface area contributed by atoms with E-state index in [0.717, 1.165) is 64.2 Å². The molecule has 0 aromatic carbocycles. The van der Waals surface area contributed by atoms with E-state index in [9.17, 15) is 19.5 Å². The Bertz CT molecular complexity index is 1200. The van der Waals surface area contributed by atoms with Crippen LogP contribution in [0.1, 0.15) is 123 Å². The summed E-state index contributed by atoms with van der Waals surface area (Å²) in [4.78, 5) is 36.6. The third-order valence-corrected chi connectivity index (χ3v) is 8.23. The largest absolute Gasteiger partial charge is 0.477 e. The number of nitrogens with zero attached hydrogens (tertiary/aromatic N) is 1. The number of carbonyl (C=O) groups is 3. The molecule has 0 saturated carbocycles. The maximum atomic E-state index is 12.6. The predicted molar refractivity (Wildman–Crippen MR) is 224 cm³/mol. The van der Waals surface area contributed by atoms with E-state index >= 15 is 0 Å². The number of ether oxygens (including phenoxy) is 3. The van der Waals surface area contributed by atoms with Crippen molar-refractivity contribution in [3.63, 3.8) is 0 Å². The molecule has 2 atom stereocenters. The number of quaternary nitrogens is 1. The highest BCUT2D eigenvalue weighted by molar-refractivity contribution is 5.72. The zero-order valence-corrected chi connectivity index (χ0v) is 34.4. The molecule has 8 nitrogen and oxygen atoms in total. The van der Waals surface area contributed by atoms with Crippen LogP contribution < -0.4 is 0 Å². The van der Waals surface area contributed by atoms with Crippen molar-refractivity contribution in [2.75, 3.05) is 41.0 Å². The molecule has 0 rings (SSSR count). The van der Waals surface area contributed by atoms with Crippen LogP contribution in [-0.4, -0.2) is 80.6 Å². The Morgan fingerprint density at radius 3 is 1.56 bits per heavy atom. The molecule has 0 spiro atoms. The van der Waals surface area contributed by atoms with E-state index < -0.39 is 18.1 Å². The zero-order chi connectivity index (χ0) is 40.0. The van der Waals surface area contributed by atoms with Gasteiger partial charge in [0.2, 0.25) is 0 Å². The maximum absolute atomic E-state index is 12.6. The number of likely N-dealkylation sites (N-methyl/N-ethyl adjacent to an activating group) is 1. The van der Waals surface area contributed by atoms with E-state index in [4.69, 9.17) is 14.2 Å². The van der Waals surface area contributed by atoms with Crippen LogP contribution in [0.15, 0.2) is 97.2 Å². The van der Waals surface area contributed by atoms with Gasteiger partial charge < -0.3 is 23.8 Å². The van der Waals surface area contributed by atoms with Crippen LogP contribution in [0.25, 0.3) is 0 Å². The standard InChI is InChI=1S/C46H73NO7/c1-6-8-10-12-14-15-16-17-18-19-20-21-22-23-24-25-26-27-28-29-31-33-35-37-45(49)54-42(40-52-39-38-43(46(50)51)47(3,4)5)41-53-44(48)36-34-32-30-13-11-9-7-2/h8,10,14-15,17-18,20-21,23-24,26-27,29-32,42-43H,6-7,9,11-13,16,19,22,25,28,33-41H2,1-5H3/p+1/b10-8+,15-14+,18-17+,21-20+,24-23+,27-26+,31-29+,32-30+. The van der Waals surface area contributed by atoms with Crippen molar-refractivity contribution < 1.29 is 38.2 Å². The second kappa shape index (κ2) is 36.2. The van der Waals surface area contributed by atoms with Crippen LogP contribution in [0, 0.1) is 0 Å². The Morgan fingerprint density at radius 1 is 0.574 bits per heavy atom. The molecule has 1 N–H and O–H groups in total. The SMILES string of the molecule is CC/C=C/C/C=C/C/C=C/C/C=C/C/C=C/C/C=C/C/C=C/CCCC(=O)OC(COCCC(C(=O)O)[N+](C)(C)C)COC(=O)CC/C=C/CCCCC. The molecule has 304 valence electrons. The molecular formula is C46H74NO7+. The molecule has 0 aliphatic heterocycles. The Kier molecular flexibility index (Phi) is 33.7. The third kappa shape index (κ3) is 34.0. The van der Waals surface area contributed by atoms with Gasteiger partial charge >= 0.3 is 17.9 Å². The minimum Gasteiger partial charge on any atom is -0.477 e. The fraction of sp³-hybridized carbons (Fsp3) is 0.587. The quantitative estimate of drug-likeness (QED) is 0.0302. The van der Waals surface area contributed by atoms with E-state index in [1.54, 1.807) is 0 Å². The van der Waals surface area contributed by atoms with Gasteiger partial charge in [-0.15, -0.1) is 0 Å². The van der Waals surface area contributed by atoms with Crippen molar-refractivity contribution in [2.45, 2.75) is 135 Å². The fourth-order valence-corrected chi connectivity index (χ4v) is 5.09. The van der Waals surface area contributed by atoms with Crippen LogP contribution >= 0.6 is 0 Å². The summed E-state index contributed by atoms with van der Waals surface area (Å²) in [7, 11) is 5.47. The first-order valence-electron chi connectivity index (χ1n) is 20.3. The number of unbranched alkanes of at least 4 members (excludes halogenated alkanes) is 4. The Labute approximate surface area is 328 Å². The molecule has 0 amide bonds. The third-order valence-electron chi connectivity index (χ3n) is 8.23. The minimum atomic E-state index is -0.895. The monoisotopic (exact) mass is 753 g/mol. The van der Waals surface area contributed by atoms with Gasteiger partial charge in [-0.05, 0) is 77.0 Å². The normalized spacial score (nSPS) is 14.0. The number of rotatable bonds is 34. The first-order chi connectivity index (χ1) is 26.1. The Morgan fingerprint density at radius 2 is 1.06 bits per heavy atom. The summed E-state index contributed by atoms with van der Waals surface area (Å²) in [5.74, 6) is -1.63. The minimum absolute atomic E-state index is 0.0195. The first-order valence-corrected chi connectivity index (χ1v) is 20.3. The number of esters is 2. The number of allylic oxidation sites excluding steroid dienone is 16. The summed E-state index contributed by atoms with van der Waals surface area (Å²) in [5, 5.41) is 9.57. The molecule has 0 aromatic rings. The number of aliphatic carboxylic acids is 1. The van der Waals surface area contributed by atoms with Gasteiger partial charge in [0.25, 0.3) is 0 Å². The highest BCUT2D eigenvalue weighted by Crippen LogP contribution is 2.10. The van der Waals surface area contributed by atoms with Crippen molar-refractivity contribution in [1.29, 1.82) is 0 Å². The summed E-state index contributed by atoms with van der Waals surface area (Å²) >= 11 is 0. The Balaban J connectivity index is 4.44. The zero-order valence-electron chi connectivity index (χ0n) is 34.4. The molecule has 8 heteroatoms. The summed E-state index contributed by atoms with van der Waals surface area (Å²) in [6.45, 7) is 4.41. The van der Waals surface area contributed by atoms with Gasteiger partial charge in [0.05, 0.1) is 34.4 Å². The highest BCUT2D eigenvalue weighted by Gasteiger charge is 2.31. The van der Waals surface area contributed by atoms with Crippen molar-refractivity contribution in [2.24, 2.45) is 0 Å². The number of carbonyl (C=O) groups excluding carboxylic acids is 2. The molecule has 2 unspecified atom stereocenters. The molecule has 0 heterocycles. The first kappa shape index (κ1) is 50.2. The van der Waals surface area contributed by atoms with Crippen LogP contribution in [-0.2, 0) is 28.6 Å².